The van der Waals surface area contributed by atoms with Crippen LogP contribution in [0.4, 0.5) is 0 Å². The minimum Gasteiger partial charge on any atom is -0.506 e. The Balaban J connectivity index is 1.47. The van der Waals surface area contributed by atoms with Crippen LogP contribution in [0, 0.1) is 6.92 Å². The van der Waals surface area contributed by atoms with Gasteiger partial charge in [-0.3, -0.25) is 9.69 Å². The van der Waals surface area contributed by atoms with Gasteiger partial charge in [0.2, 0.25) is 0 Å². The molecule has 0 bridgehead atoms. The minimum atomic E-state index is -0.435. The van der Waals surface area contributed by atoms with E-state index in [0.29, 0.717) is 36.2 Å². The second-order valence-electron chi connectivity index (χ2n) is 10.1. The maximum absolute atomic E-state index is 12.4. The zero-order chi connectivity index (χ0) is 27.8. The predicted molar refractivity (Wildman–Crippen MR) is 155 cm³/mol. The molecule has 0 aromatic heterocycles. The first-order valence-corrected chi connectivity index (χ1v) is 13.7. The largest absolute Gasteiger partial charge is 0.506 e. The van der Waals surface area contributed by atoms with Crippen molar-refractivity contribution in [1.82, 2.24) is 10.3 Å². The second kappa shape index (κ2) is 13.5. The number of carbonyl (C=O) groups excluding carboxylic acids is 1. The summed E-state index contributed by atoms with van der Waals surface area (Å²) in [5.74, 6) is 1.31. The molecule has 206 valence electrons. The van der Waals surface area contributed by atoms with E-state index >= 15 is 0 Å². The summed E-state index contributed by atoms with van der Waals surface area (Å²) in [7, 11) is 0. The minimum absolute atomic E-state index is 0.0839. The summed E-state index contributed by atoms with van der Waals surface area (Å²) in [5, 5.41) is 13.8. The maximum Gasteiger partial charge on any atom is 0.271 e. The monoisotopic (exact) mass is 549 g/mol. The van der Waals surface area contributed by atoms with Crippen molar-refractivity contribution in [2.75, 3.05) is 26.2 Å². The summed E-state index contributed by atoms with van der Waals surface area (Å²) in [6.07, 6.45) is 4.03. The molecule has 0 saturated carbocycles. The van der Waals surface area contributed by atoms with Gasteiger partial charge in [0, 0.05) is 12.1 Å². The maximum atomic E-state index is 12.4. The molecule has 1 heterocycles. The van der Waals surface area contributed by atoms with Gasteiger partial charge in [-0.05, 0) is 91.4 Å². The van der Waals surface area contributed by atoms with Gasteiger partial charge in [-0.25, -0.2) is 5.43 Å². The van der Waals surface area contributed by atoms with Crippen LogP contribution < -0.4 is 14.9 Å². The van der Waals surface area contributed by atoms with Crippen LogP contribution in [0.3, 0.4) is 0 Å². The summed E-state index contributed by atoms with van der Waals surface area (Å²) in [6, 6.07) is 16.5. The lowest BCUT2D eigenvalue weighted by Crippen LogP contribution is -2.25. The Morgan fingerprint density at radius 1 is 1.10 bits per heavy atom. The van der Waals surface area contributed by atoms with Gasteiger partial charge in [-0.15, -0.1) is 0 Å². The summed E-state index contributed by atoms with van der Waals surface area (Å²) < 4.78 is 12.5. The van der Waals surface area contributed by atoms with Gasteiger partial charge in [0.15, 0.2) is 11.5 Å². The molecule has 8 heteroatoms. The SMILES string of the molecule is Cc1cc(/C=N/NC(=O)c2ccc(O)c(Cl)c2)cc(OCCN2CCCC2)c1OCc1ccc(C(C)C)cc1. The number of phenols is 1. The molecular weight excluding hydrogens is 514 g/mol. The fraction of sp³-hybridized carbons (Fsp3) is 0.355. The van der Waals surface area contributed by atoms with Crippen LogP contribution in [0.15, 0.2) is 59.7 Å². The number of carbonyl (C=O) groups is 1. The van der Waals surface area contributed by atoms with Crippen LogP contribution in [0.1, 0.15) is 65.2 Å². The second-order valence-corrected chi connectivity index (χ2v) is 10.5. The number of hydrogen-bond acceptors (Lipinski definition) is 6. The smallest absolute Gasteiger partial charge is 0.271 e. The Kier molecular flexibility index (Phi) is 9.85. The molecule has 2 N–H and O–H groups in total. The average molecular weight is 550 g/mol. The van der Waals surface area contributed by atoms with E-state index in [0.717, 1.165) is 36.3 Å². The highest BCUT2D eigenvalue weighted by atomic mass is 35.5. The Labute approximate surface area is 235 Å². The van der Waals surface area contributed by atoms with Crippen molar-refractivity contribution in [2.24, 2.45) is 5.10 Å². The van der Waals surface area contributed by atoms with Crippen molar-refractivity contribution in [2.45, 2.75) is 46.1 Å². The molecule has 7 nitrogen and oxygen atoms in total. The van der Waals surface area contributed by atoms with Crippen molar-refractivity contribution < 1.29 is 19.4 Å². The van der Waals surface area contributed by atoms with Crippen LogP contribution >= 0.6 is 11.6 Å². The Hall–Kier alpha value is -3.55. The molecule has 3 aromatic rings. The van der Waals surface area contributed by atoms with E-state index in [2.05, 4.69) is 53.5 Å². The summed E-state index contributed by atoms with van der Waals surface area (Å²) >= 11 is 5.91. The first-order valence-electron chi connectivity index (χ1n) is 13.3. The molecule has 3 aromatic carbocycles. The van der Waals surface area contributed by atoms with E-state index < -0.39 is 5.91 Å². The van der Waals surface area contributed by atoms with Crippen molar-refractivity contribution >= 4 is 23.7 Å². The third-order valence-corrected chi connectivity index (χ3v) is 7.05. The number of hydrogen-bond donors (Lipinski definition) is 2. The number of hydrazone groups is 1. The highest BCUT2D eigenvalue weighted by Crippen LogP contribution is 2.33. The molecule has 1 fully saturated rings. The first-order chi connectivity index (χ1) is 18.8. The number of nitrogens with one attached hydrogen (secondary N) is 1. The lowest BCUT2D eigenvalue weighted by atomic mass is 10.0. The quantitative estimate of drug-likeness (QED) is 0.217. The van der Waals surface area contributed by atoms with E-state index in [-0.39, 0.29) is 10.8 Å². The van der Waals surface area contributed by atoms with Gasteiger partial charge >= 0.3 is 0 Å². The van der Waals surface area contributed by atoms with Crippen LogP contribution in [0.5, 0.6) is 17.2 Å². The molecule has 0 unspecified atom stereocenters. The lowest BCUT2D eigenvalue weighted by molar-refractivity contribution is 0.0955. The molecule has 0 spiro atoms. The number of ether oxygens (including phenoxy) is 2. The molecule has 1 aliphatic heterocycles. The molecule has 0 radical (unpaired) electrons. The van der Waals surface area contributed by atoms with Gasteiger partial charge < -0.3 is 14.6 Å². The Morgan fingerprint density at radius 3 is 2.54 bits per heavy atom. The molecule has 1 aliphatic rings. The number of rotatable bonds is 11. The van der Waals surface area contributed by atoms with Crippen molar-refractivity contribution in [3.8, 4) is 17.2 Å². The van der Waals surface area contributed by atoms with Crippen molar-refractivity contribution in [1.29, 1.82) is 0 Å². The first kappa shape index (κ1) is 28.5. The van der Waals surface area contributed by atoms with E-state index in [9.17, 15) is 9.90 Å². The molecule has 1 amide bonds. The standard InChI is InChI=1S/C31H36ClN3O4/c1-21(2)25-8-6-23(7-9-25)20-39-30-22(3)16-24(17-29(30)38-15-14-35-12-4-5-13-35)19-33-34-31(37)26-10-11-28(36)27(32)18-26/h6-11,16-19,21,36H,4-5,12-15,20H2,1-3H3,(H,34,37)/b33-19+. The predicted octanol–water partition coefficient (Wildman–Crippen LogP) is 6.29. The average Bonchev–Trinajstić information content (AvgIpc) is 3.43. The third kappa shape index (κ3) is 7.97. The molecule has 0 atom stereocenters. The summed E-state index contributed by atoms with van der Waals surface area (Å²) in [4.78, 5) is 14.8. The van der Waals surface area contributed by atoms with Gasteiger partial charge in [-0.1, -0.05) is 49.7 Å². The number of aromatic hydroxyl groups is 1. The topological polar surface area (TPSA) is 83.4 Å². The lowest BCUT2D eigenvalue weighted by Gasteiger charge is -2.19. The summed E-state index contributed by atoms with van der Waals surface area (Å²) in [6.45, 7) is 10.4. The highest BCUT2D eigenvalue weighted by molar-refractivity contribution is 6.32. The fourth-order valence-corrected chi connectivity index (χ4v) is 4.64. The highest BCUT2D eigenvalue weighted by Gasteiger charge is 2.15. The van der Waals surface area contributed by atoms with E-state index in [1.807, 2.05) is 19.1 Å². The number of benzene rings is 3. The van der Waals surface area contributed by atoms with E-state index in [1.165, 1.54) is 36.6 Å². The van der Waals surface area contributed by atoms with Crippen LogP contribution in [0.25, 0.3) is 0 Å². The van der Waals surface area contributed by atoms with Gasteiger partial charge in [0.1, 0.15) is 19.0 Å². The third-order valence-electron chi connectivity index (χ3n) is 6.75. The van der Waals surface area contributed by atoms with Gasteiger partial charge in [-0.2, -0.15) is 5.10 Å². The molecule has 4 rings (SSSR count). The number of aryl methyl sites for hydroxylation is 1. The van der Waals surface area contributed by atoms with Gasteiger partial charge in [0.05, 0.1) is 11.2 Å². The number of likely N-dealkylation sites (tertiary alicyclic amines) is 1. The Morgan fingerprint density at radius 2 is 1.85 bits per heavy atom. The van der Waals surface area contributed by atoms with Crippen molar-refractivity contribution in [3.63, 3.8) is 0 Å². The van der Waals surface area contributed by atoms with Crippen molar-refractivity contribution in [3.05, 3.63) is 87.4 Å². The van der Waals surface area contributed by atoms with Gasteiger partial charge in [0.25, 0.3) is 5.91 Å². The number of nitrogens with zero attached hydrogens (tertiary/aromatic N) is 2. The number of phenolic OH excluding ortho intramolecular Hbond substituents is 1. The van der Waals surface area contributed by atoms with E-state index in [1.54, 1.807) is 6.21 Å². The number of amides is 1. The zero-order valence-electron chi connectivity index (χ0n) is 22.7. The van der Waals surface area contributed by atoms with Crippen LogP contribution in [-0.2, 0) is 6.61 Å². The molecule has 39 heavy (non-hydrogen) atoms. The summed E-state index contributed by atoms with van der Waals surface area (Å²) in [5.41, 5.74) is 6.85. The zero-order valence-corrected chi connectivity index (χ0v) is 23.5. The number of halogens is 1. The van der Waals surface area contributed by atoms with E-state index in [4.69, 9.17) is 21.1 Å². The molecule has 1 saturated heterocycles. The fourth-order valence-electron chi connectivity index (χ4n) is 4.46. The molecule has 0 aliphatic carbocycles. The van der Waals surface area contributed by atoms with Crippen LogP contribution in [-0.4, -0.2) is 48.4 Å². The normalized spacial score (nSPS) is 13.8. The Bertz CT molecular complexity index is 1300. The molecular formula is C31H36ClN3O4. The van der Waals surface area contributed by atoms with Crippen LogP contribution in [0.2, 0.25) is 5.02 Å².